The van der Waals surface area contributed by atoms with Crippen molar-refractivity contribution < 1.29 is 9.13 Å². The molecule has 2 aromatic carbocycles. The Kier molecular flexibility index (Phi) is 3.82. The summed E-state index contributed by atoms with van der Waals surface area (Å²) in [6, 6.07) is 12.4. The predicted molar refractivity (Wildman–Crippen MR) is 72.0 cm³/mol. The monoisotopic (exact) mass is 245 g/mol. The summed E-state index contributed by atoms with van der Waals surface area (Å²) in [5.74, 6) is 0.440. The number of anilines is 1. The molecule has 2 N–H and O–H groups in total. The first-order valence-electron chi connectivity index (χ1n) is 5.99. The van der Waals surface area contributed by atoms with Gasteiger partial charge in [-0.3, -0.25) is 0 Å². The zero-order valence-corrected chi connectivity index (χ0v) is 10.3. The summed E-state index contributed by atoms with van der Waals surface area (Å²) in [6.45, 7) is 2.77. The Morgan fingerprint density at radius 3 is 2.33 bits per heavy atom. The molecule has 18 heavy (non-hydrogen) atoms. The van der Waals surface area contributed by atoms with Crippen molar-refractivity contribution in [2.75, 3.05) is 12.3 Å². The summed E-state index contributed by atoms with van der Waals surface area (Å²) in [4.78, 5) is 0. The van der Waals surface area contributed by atoms with Crippen LogP contribution in [-0.4, -0.2) is 6.61 Å². The first kappa shape index (κ1) is 12.4. The number of halogens is 1. The third kappa shape index (κ3) is 2.80. The van der Waals surface area contributed by atoms with E-state index < -0.39 is 0 Å². The Bertz CT molecular complexity index is 523. The molecule has 2 aromatic rings. The van der Waals surface area contributed by atoms with E-state index in [1.165, 1.54) is 6.07 Å². The third-order valence-corrected chi connectivity index (χ3v) is 2.66. The largest absolute Gasteiger partial charge is 0.494 e. The van der Waals surface area contributed by atoms with Gasteiger partial charge in [0.05, 0.1) is 12.3 Å². The first-order chi connectivity index (χ1) is 8.70. The Morgan fingerprint density at radius 1 is 1.06 bits per heavy atom. The Balaban J connectivity index is 2.20. The minimum Gasteiger partial charge on any atom is -0.494 e. The van der Waals surface area contributed by atoms with Crippen molar-refractivity contribution in [1.29, 1.82) is 0 Å². The quantitative estimate of drug-likeness (QED) is 0.830. The van der Waals surface area contributed by atoms with E-state index in [2.05, 4.69) is 6.92 Å². The van der Waals surface area contributed by atoms with Crippen LogP contribution in [0.4, 0.5) is 10.1 Å². The molecule has 0 saturated carbocycles. The van der Waals surface area contributed by atoms with Crippen LogP contribution in [0.1, 0.15) is 13.3 Å². The van der Waals surface area contributed by atoms with E-state index in [4.69, 9.17) is 10.5 Å². The van der Waals surface area contributed by atoms with E-state index in [9.17, 15) is 4.39 Å². The highest BCUT2D eigenvalue weighted by Gasteiger charge is 2.03. The van der Waals surface area contributed by atoms with Crippen LogP contribution < -0.4 is 10.5 Å². The molecule has 2 nitrogen and oxygen atoms in total. The zero-order chi connectivity index (χ0) is 13.0. The summed E-state index contributed by atoms with van der Waals surface area (Å²) in [5.41, 5.74) is 7.37. The molecule has 0 aliphatic rings. The molecule has 0 fully saturated rings. The van der Waals surface area contributed by atoms with Crippen LogP contribution in [0.3, 0.4) is 0 Å². The van der Waals surface area contributed by atoms with Gasteiger partial charge >= 0.3 is 0 Å². The molecule has 0 saturated heterocycles. The van der Waals surface area contributed by atoms with Crippen molar-refractivity contribution in [3.63, 3.8) is 0 Å². The van der Waals surface area contributed by atoms with E-state index in [0.717, 1.165) is 23.3 Å². The van der Waals surface area contributed by atoms with Crippen molar-refractivity contribution in [1.82, 2.24) is 0 Å². The van der Waals surface area contributed by atoms with Crippen LogP contribution in [0.25, 0.3) is 11.1 Å². The molecule has 2 rings (SSSR count). The van der Waals surface area contributed by atoms with Crippen LogP contribution in [0.5, 0.6) is 5.75 Å². The molecule has 0 atom stereocenters. The summed E-state index contributed by atoms with van der Waals surface area (Å²) in [7, 11) is 0. The normalized spacial score (nSPS) is 10.3. The fourth-order valence-corrected chi connectivity index (χ4v) is 1.67. The highest BCUT2D eigenvalue weighted by Crippen LogP contribution is 2.25. The first-order valence-corrected chi connectivity index (χ1v) is 5.99. The molecule has 0 unspecified atom stereocenters. The maximum absolute atomic E-state index is 13.4. The lowest BCUT2D eigenvalue weighted by atomic mass is 10.1. The van der Waals surface area contributed by atoms with Gasteiger partial charge in [0.2, 0.25) is 0 Å². The molecule has 94 valence electrons. The van der Waals surface area contributed by atoms with Crippen molar-refractivity contribution in [3.05, 3.63) is 48.3 Å². The smallest absolute Gasteiger partial charge is 0.146 e. The van der Waals surface area contributed by atoms with E-state index in [1.54, 1.807) is 12.1 Å². The van der Waals surface area contributed by atoms with Gasteiger partial charge in [-0.1, -0.05) is 25.1 Å². The Morgan fingerprint density at radius 2 is 1.72 bits per heavy atom. The van der Waals surface area contributed by atoms with Crippen molar-refractivity contribution in [2.24, 2.45) is 0 Å². The predicted octanol–water partition coefficient (Wildman–Crippen LogP) is 3.86. The number of rotatable bonds is 4. The van der Waals surface area contributed by atoms with Gasteiger partial charge in [0.1, 0.15) is 11.6 Å². The fraction of sp³-hybridized carbons (Fsp3) is 0.200. The molecule has 0 aliphatic carbocycles. The topological polar surface area (TPSA) is 35.2 Å². The van der Waals surface area contributed by atoms with Gasteiger partial charge in [0.15, 0.2) is 0 Å². The maximum Gasteiger partial charge on any atom is 0.146 e. The lowest BCUT2D eigenvalue weighted by Gasteiger charge is -2.07. The molecule has 0 heterocycles. The minimum atomic E-state index is -0.390. The van der Waals surface area contributed by atoms with Crippen LogP contribution in [0.2, 0.25) is 0 Å². The number of nitrogen functional groups attached to an aromatic ring is 1. The molecule has 0 amide bonds. The van der Waals surface area contributed by atoms with Gasteiger partial charge in [-0.25, -0.2) is 4.39 Å². The molecule has 0 bridgehead atoms. The zero-order valence-electron chi connectivity index (χ0n) is 10.3. The molecular weight excluding hydrogens is 229 g/mol. The second kappa shape index (κ2) is 5.54. The van der Waals surface area contributed by atoms with Gasteiger partial charge in [0.25, 0.3) is 0 Å². The van der Waals surface area contributed by atoms with Crippen LogP contribution in [0.15, 0.2) is 42.5 Å². The van der Waals surface area contributed by atoms with Gasteiger partial charge in [-0.15, -0.1) is 0 Å². The van der Waals surface area contributed by atoms with Crippen molar-refractivity contribution in [3.8, 4) is 16.9 Å². The molecule has 0 radical (unpaired) electrons. The van der Waals surface area contributed by atoms with Crippen LogP contribution >= 0.6 is 0 Å². The van der Waals surface area contributed by atoms with Gasteiger partial charge < -0.3 is 10.5 Å². The standard InChI is InChI=1S/C15H16FNO/c1-2-9-18-13-6-3-11(4-7-13)12-5-8-15(17)14(16)10-12/h3-8,10H,2,9,17H2,1H3. The second-order valence-corrected chi connectivity index (χ2v) is 4.11. The fourth-order valence-electron chi connectivity index (χ4n) is 1.67. The SMILES string of the molecule is CCCOc1ccc(-c2ccc(N)c(F)c2)cc1. The molecular formula is C15H16FNO. The van der Waals surface area contributed by atoms with Gasteiger partial charge in [0, 0.05) is 0 Å². The van der Waals surface area contributed by atoms with Crippen molar-refractivity contribution >= 4 is 5.69 Å². The number of hydrogen-bond donors (Lipinski definition) is 1. The maximum atomic E-state index is 13.4. The lowest BCUT2D eigenvalue weighted by Crippen LogP contribution is -1.94. The average molecular weight is 245 g/mol. The Labute approximate surface area is 106 Å². The van der Waals surface area contributed by atoms with E-state index in [-0.39, 0.29) is 11.5 Å². The highest BCUT2D eigenvalue weighted by molar-refractivity contribution is 5.66. The number of ether oxygens (including phenoxy) is 1. The van der Waals surface area contributed by atoms with E-state index in [0.29, 0.717) is 6.61 Å². The molecule has 3 heteroatoms. The van der Waals surface area contributed by atoms with Crippen molar-refractivity contribution in [2.45, 2.75) is 13.3 Å². The Hall–Kier alpha value is -2.03. The van der Waals surface area contributed by atoms with E-state index >= 15 is 0 Å². The molecule has 0 aromatic heterocycles. The number of benzene rings is 2. The summed E-state index contributed by atoms with van der Waals surface area (Å²) in [6.07, 6.45) is 0.977. The van der Waals surface area contributed by atoms with Gasteiger partial charge in [-0.2, -0.15) is 0 Å². The van der Waals surface area contributed by atoms with Crippen LogP contribution in [-0.2, 0) is 0 Å². The third-order valence-electron chi connectivity index (χ3n) is 2.66. The number of hydrogen-bond acceptors (Lipinski definition) is 2. The van der Waals surface area contributed by atoms with E-state index in [1.807, 2.05) is 24.3 Å². The minimum absolute atomic E-state index is 0.168. The lowest BCUT2D eigenvalue weighted by molar-refractivity contribution is 0.317. The second-order valence-electron chi connectivity index (χ2n) is 4.11. The molecule has 0 spiro atoms. The van der Waals surface area contributed by atoms with Crippen LogP contribution in [0, 0.1) is 5.82 Å². The summed E-state index contributed by atoms with van der Waals surface area (Å²) < 4.78 is 18.9. The summed E-state index contributed by atoms with van der Waals surface area (Å²) in [5, 5.41) is 0. The highest BCUT2D eigenvalue weighted by atomic mass is 19.1. The summed E-state index contributed by atoms with van der Waals surface area (Å²) >= 11 is 0. The van der Waals surface area contributed by atoms with Gasteiger partial charge in [-0.05, 0) is 41.8 Å². The number of nitrogens with two attached hydrogens (primary N) is 1. The molecule has 0 aliphatic heterocycles. The average Bonchev–Trinajstić information content (AvgIpc) is 2.40.